The largest absolute Gasteiger partial charge is 0.493 e. The summed E-state index contributed by atoms with van der Waals surface area (Å²) >= 11 is 0. The molecule has 0 fully saturated rings. The average Bonchev–Trinajstić information content (AvgIpc) is 2.69. The predicted molar refractivity (Wildman–Crippen MR) is 115 cm³/mol. The van der Waals surface area contributed by atoms with E-state index in [2.05, 4.69) is 24.5 Å². The van der Waals surface area contributed by atoms with Crippen LogP contribution in [0.3, 0.4) is 0 Å². The van der Waals surface area contributed by atoms with Crippen LogP contribution in [0.15, 0.2) is 36.4 Å². The van der Waals surface area contributed by atoms with Crippen LogP contribution in [0.25, 0.3) is 0 Å². The van der Waals surface area contributed by atoms with Crippen LogP contribution in [-0.2, 0) is 4.79 Å². The molecule has 0 aliphatic carbocycles. The zero-order chi connectivity index (χ0) is 21.4. The lowest BCUT2D eigenvalue weighted by molar-refractivity contribution is -0.115. The van der Waals surface area contributed by atoms with Crippen molar-refractivity contribution in [1.29, 1.82) is 0 Å². The van der Waals surface area contributed by atoms with Crippen LogP contribution in [0.5, 0.6) is 11.5 Å². The summed E-state index contributed by atoms with van der Waals surface area (Å²) in [5.74, 6) is 0.990. The van der Waals surface area contributed by atoms with E-state index in [0.717, 1.165) is 23.2 Å². The van der Waals surface area contributed by atoms with E-state index in [0.29, 0.717) is 29.6 Å². The molecule has 0 saturated heterocycles. The number of aryl methyl sites for hydroxylation is 2. The monoisotopic (exact) mass is 398 g/mol. The zero-order valence-corrected chi connectivity index (χ0v) is 17.8. The van der Waals surface area contributed by atoms with Gasteiger partial charge in [0.15, 0.2) is 11.5 Å². The Balaban J connectivity index is 1.95. The van der Waals surface area contributed by atoms with E-state index in [9.17, 15) is 9.59 Å². The molecule has 0 atom stereocenters. The fourth-order valence-electron chi connectivity index (χ4n) is 2.79. The molecule has 2 rings (SSSR count). The Morgan fingerprint density at radius 1 is 1.03 bits per heavy atom. The van der Waals surface area contributed by atoms with Crippen LogP contribution < -0.4 is 20.1 Å². The fourth-order valence-corrected chi connectivity index (χ4v) is 2.79. The predicted octanol–water partition coefficient (Wildman–Crippen LogP) is 4.11. The molecular formula is C23H30N2O4. The van der Waals surface area contributed by atoms with Crippen LogP contribution in [0.4, 0.5) is 5.69 Å². The number of nitrogens with one attached hydrogen (secondary N) is 2. The molecule has 29 heavy (non-hydrogen) atoms. The summed E-state index contributed by atoms with van der Waals surface area (Å²) in [6, 6.07) is 10.8. The highest BCUT2D eigenvalue weighted by atomic mass is 16.5. The highest BCUT2D eigenvalue weighted by molar-refractivity contribution is 6.00. The van der Waals surface area contributed by atoms with Gasteiger partial charge in [0.25, 0.3) is 5.91 Å². The van der Waals surface area contributed by atoms with Crippen molar-refractivity contribution >= 4 is 17.5 Å². The van der Waals surface area contributed by atoms with Crippen molar-refractivity contribution in [2.45, 2.75) is 34.1 Å². The smallest absolute Gasteiger partial charge is 0.251 e. The van der Waals surface area contributed by atoms with Gasteiger partial charge in [-0.3, -0.25) is 9.59 Å². The number of carbonyl (C=O) groups is 2. The fraction of sp³-hybridized carbons (Fsp3) is 0.391. The third kappa shape index (κ3) is 6.52. The Hall–Kier alpha value is -3.02. The summed E-state index contributed by atoms with van der Waals surface area (Å²) in [6.45, 7) is 8.57. The van der Waals surface area contributed by atoms with Crippen molar-refractivity contribution in [3.05, 3.63) is 53.1 Å². The van der Waals surface area contributed by atoms with Gasteiger partial charge < -0.3 is 20.1 Å². The normalized spacial score (nSPS) is 10.6. The SMILES string of the molecule is COc1cc(C(=O)NCC(=O)Nc2c(C)cccc2C)ccc1OCCC(C)C. The maximum absolute atomic E-state index is 12.4. The van der Waals surface area contributed by atoms with Gasteiger partial charge in [0.2, 0.25) is 5.91 Å². The van der Waals surface area contributed by atoms with E-state index >= 15 is 0 Å². The number of hydrogen-bond acceptors (Lipinski definition) is 4. The summed E-state index contributed by atoms with van der Waals surface area (Å²) in [6.07, 6.45) is 0.931. The molecule has 0 aromatic heterocycles. The van der Waals surface area contributed by atoms with Gasteiger partial charge in [-0.2, -0.15) is 0 Å². The van der Waals surface area contributed by atoms with Crippen molar-refractivity contribution in [3.63, 3.8) is 0 Å². The van der Waals surface area contributed by atoms with Crippen molar-refractivity contribution in [3.8, 4) is 11.5 Å². The number of methoxy groups -OCH3 is 1. The number of para-hydroxylation sites is 1. The second-order valence-electron chi connectivity index (χ2n) is 7.39. The van der Waals surface area contributed by atoms with Crippen LogP contribution in [0.1, 0.15) is 41.8 Å². The van der Waals surface area contributed by atoms with E-state index in [1.165, 1.54) is 7.11 Å². The lowest BCUT2D eigenvalue weighted by Gasteiger charge is -2.14. The van der Waals surface area contributed by atoms with E-state index < -0.39 is 0 Å². The van der Waals surface area contributed by atoms with E-state index in [4.69, 9.17) is 9.47 Å². The molecule has 6 nitrogen and oxygen atoms in total. The minimum Gasteiger partial charge on any atom is -0.493 e. The Kier molecular flexibility index (Phi) is 8.07. The lowest BCUT2D eigenvalue weighted by Crippen LogP contribution is -2.33. The van der Waals surface area contributed by atoms with Gasteiger partial charge in [0.1, 0.15) is 0 Å². The Morgan fingerprint density at radius 3 is 2.34 bits per heavy atom. The molecule has 2 N–H and O–H groups in total. The molecule has 2 amide bonds. The maximum Gasteiger partial charge on any atom is 0.251 e. The van der Waals surface area contributed by atoms with E-state index in [1.54, 1.807) is 18.2 Å². The van der Waals surface area contributed by atoms with E-state index in [1.807, 2.05) is 32.0 Å². The minimum atomic E-state index is -0.353. The van der Waals surface area contributed by atoms with Crippen LogP contribution in [0, 0.1) is 19.8 Å². The number of ether oxygens (including phenoxy) is 2. The first kappa shape index (κ1) is 22.3. The third-order valence-corrected chi connectivity index (χ3v) is 4.53. The first-order valence-corrected chi connectivity index (χ1v) is 9.77. The summed E-state index contributed by atoms with van der Waals surface area (Å²) in [5.41, 5.74) is 3.12. The summed E-state index contributed by atoms with van der Waals surface area (Å²) in [7, 11) is 1.53. The molecule has 0 saturated carbocycles. The first-order valence-electron chi connectivity index (χ1n) is 9.77. The van der Waals surface area contributed by atoms with Gasteiger partial charge >= 0.3 is 0 Å². The van der Waals surface area contributed by atoms with Gasteiger partial charge in [0, 0.05) is 11.3 Å². The topological polar surface area (TPSA) is 76.7 Å². The quantitative estimate of drug-likeness (QED) is 0.667. The van der Waals surface area contributed by atoms with Crippen molar-refractivity contribution in [1.82, 2.24) is 5.32 Å². The molecule has 0 aliphatic heterocycles. The Labute approximate surface area is 172 Å². The highest BCUT2D eigenvalue weighted by Gasteiger charge is 2.13. The van der Waals surface area contributed by atoms with Crippen LogP contribution >= 0.6 is 0 Å². The lowest BCUT2D eigenvalue weighted by atomic mass is 10.1. The molecule has 0 heterocycles. The zero-order valence-electron chi connectivity index (χ0n) is 17.8. The van der Waals surface area contributed by atoms with Crippen molar-refractivity contribution in [2.75, 3.05) is 25.6 Å². The van der Waals surface area contributed by atoms with Crippen LogP contribution in [0.2, 0.25) is 0 Å². The van der Waals surface area contributed by atoms with E-state index in [-0.39, 0.29) is 18.4 Å². The molecule has 0 bridgehead atoms. The number of hydrogen-bond donors (Lipinski definition) is 2. The van der Waals surface area contributed by atoms with Crippen molar-refractivity contribution < 1.29 is 19.1 Å². The Morgan fingerprint density at radius 2 is 1.72 bits per heavy atom. The third-order valence-electron chi connectivity index (χ3n) is 4.53. The minimum absolute atomic E-state index is 0.123. The molecule has 0 radical (unpaired) electrons. The summed E-state index contributed by atoms with van der Waals surface area (Å²) in [5, 5.41) is 5.49. The molecule has 0 aliphatic rings. The second-order valence-corrected chi connectivity index (χ2v) is 7.39. The molecule has 2 aromatic rings. The summed E-state index contributed by atoms with van der Waals surface area (Å²) < 4.78 is 11.1. The molecule has 2 aromatic carbocycles. The number of anilines is 1. The van der Waals surface area contributed by atoms with Gasteiger partial charge in [-0.05, 0) is 55.5 Å². The molecule has 0 spiro atoms. The maximum atomic E-state index is 12.4. The van der Waals surface area contributed by atoms with Crippen LogP contribution in [-0.4, -0.2) is 32.1 Å². The summed E-state index contributed by atoms with van der Waals surface area (Å²) in [4.78, 5) is 24.7. The molecular weight excluding hydrogens is 368 g/mol. The number of amides is 2. The Bertz CT molecular complexity index is 842. The first-order chi connectivity index (χ1) is 13.8. The standard InChI is InChI=1S/C23H30N2O4/c1-15(2)11-12-29-19-10-9-18(13-20(19)28-5)23(27)24-14-21(26)25-22-16(3)7-6-8-17(22)4/h6-10,13,15H,11-12,14H2,1-5H3,(H,24,27)(H,25,26). The average molecular weight is 399 g/mol. The molecule has 0 unspecified atom stereocenters. The van der Waals surface area contributed by atoms with Gasteiger partial charge in [-0.25, -0.2) is 0 Å². The number of benzene rings is 2. The van der Waals surface area contributed by atoms with Gasteiger partial charge in [-0.1, -0.05) is 32.0 Å². The number of rotatable bonds is 9. The van der Waals surface area contributed by atoms with Crippen molar-refractivity contribution in [2.24, 2.45) is 5.92 Å². The molecule has 6 heteroatoms. The van der Waals surface area contributed by atoms with Gasteiger partial charge in [0.05, 0.1) is 20.3 Å². The molecule has 156 valence electrons. The van der Waals surface area contributed by atoms with Gasteiger partial charge in [-0.15, -0.1) is 0 Å². The second kappa shape index (κ2) is 10.5. The highest BCUT2D eigenvalue weighted by Crippen LogP contribution is 2.28. The number of carbonyl (C=O) groups excluding carboxylic acids is 2.